The molecule has 0 spiro atoms. The van der Waals surface area contributed by atoms with E-state index in [2.05, 4.69) is 0 Å². The van der Waals surface area contributed by atoms with Gasteiger partial charge in [-0.2, -0.15) is 0 Å². The van der Waals surface area contributed by atoms with Gasteiger partial charge in [0.2, 0.25) is 0 Å². The lowest BCUT2D eigenvalue weighted by Crippen LogP contribution is -2.24. The first kappa shape index (κ1) is 14.4. The van der Waals surface area contributed by atoms with Gasteiger partial charge in [-0.3, -0.25) is 0 Å². The van der Waals surface area contributed by atoms with E-state index in [9.17, 15) is 5.11 Å². The van der Waals surface area contributed by atoms with Crippen LogP contribution in [-0.2, 0) is 12.0 Å². The molecule has 0 saturated carbocycles. The molecule has 2 rings (SSSR count). The third-order valence-corrected chi connectivity index (χ3v) is 3.40. The van der Waals surface area contributed by atoms with Crippen molar-refractivity contribution in [2.24, 2.45) is 0 Å². The van der Waals surface area contributed by atoms with Gasteiger partial charge in [-0.25, -0.2) is 0 Å². The highest BCUT2D eigenvalue weighted by Gasteiger charge is 2.24. The minimum atomic E-state index is -0.941. The number of aliphatic hydroxyl groups is 1. The van der Waals surface area contributed by atoms with E-state index in [0.29, 0.717) is 6.42 Å². The van der Waals surface area contributed by atoms with Crippen LogP contribution in [0.25, 0.3) is 0 Å². The Morgan fingerprint density at radius 2 is 1.60 bits per heavy atom. The topological polar surface area (TPSA) is 38.7 Å². The molecule has 1 N–H and O–H groups in total. The Morgan fingerprint density at radius 1 is 0.950 bits per heavy atom. The summed E-state index contributed by atoms with van der Waals surface area (Å²) in [6.07, 6.45) is 0.532. The lowest BCUT2D eigenvalue weighted by molar-refractivity contribution is 0.0574. The van der Waals surface area contributed by atoms with Crippen LogP contribution < -0.4 is 9.47 Å². The number of hydrogen-bond donors (Lipinski definition) is 1. The maximum absolute atomic E-state index is 10.7. The third kappa shape index (κ3) is 3.31. The van der Waals surface area contributed by atoms with E-state index in [-0.39, 0.29) is 0 Å². The first-order valence-electron chi connectivity index (χ1n) is 6.55. The van der Waals surface area contributed by atoms with Crippen molar-refractivity contribution in [1.82, 2.24) is 0 Å². The van der Waals surface area contributed by atoms with Gasteiger partial charge in [0.15, 0.2) is 0 Å². The normalized spacial score (nSPS) is 13.6. The van der Waals surface area contributed by atoms with Crippen molar-refractivity contribution in [2.75, 3.05) is 14.2 Å². The van der Waals surface area contributed by atoms with Crippen LogP contribution in [0.15, 0.2) is 48.5 Å². The number of ether oxygens (including phenoxy) is 2. The van der Waals surface area contributed by atoms with Crippen LogP contribution in [0.3, 0.4) is 0 Å². The van der Waals surface area contributed by atoms with Crippen LogP contribution in [-0.4, -0.2) is 19.3 Å². The van der Waals surface area contributed by atoms with E-state index < -0.39 is 5.60 Å². The van der Waals surface area contributed by atoms with Gasteiger partial charge in [0.05, 0.1) is 19.8 Å². The monoisotopic (exact) mass is 272 g/mol. The van der Waals surface area contributed by atoms with Gasteiger partial charge in [0, 0.05) is 6.42 Å². The summed E-state index contributed by atoms with van der Waals surface area (Å²) in [7, 11) is 3.26. The summed E-state index contributed by atoms with van der Waals surface area (Å²) in [5, 5.41) is 10.7. The fourth-order valence-corrected chi connectivity index (χ4v) is 2.20. The maximum atomic E-state index is 10.7. The number of rotatable bonds is 5. The average molecular weight is 272 g/mol. The lowest BCUT2D eigenvalue weighted by Gasteiger charge is -2.24. The Balaban J connectivity index is 2.20. The van der Waals surface area contributed by atoms with Crippen molar-refractivity contribution >= 4 is 0 Å². The van der Waals surface area contributed by atoms with E-state index >= 15 is 0 Å². The van der Waals surface area contributed by atoms with Crippen LogP contribution >= 0.6 is 0 Å². The summed E-state index contributed by atoms with van der Waals surface area (Å²) >= 11 is 0. The van der Waals surface area contributed by atoms with Crippen LogP contribution in [0.5, 0.6) is 11.5 Å². The van der Waals surface area contributed by atoms with Crippen LogP contribution in [0, 0.1) is 0 Å². The Kier molecular flexibility index (Phi) is 4.30. The molecule has 0 aromatic heterocycles. The summed E-state index contributed by atoms with van der Waals surface area (Å²) < 4.78 is 10.3. The van der Waals surface area contributed by atoms with Gasteiger partial charge in [-0.15, -0.1) is 0 Å². The fourth-order valence-electron chi connectivity index (χ4n) is 2.20. The minimum absolute atomic E-state index is 0.532. The molecule has 0 heterocycles. The largest absolute Gasteiger partial charge is 0.497 e. The molecule has 1 unspecified atom stereocenters. The minimum Gasteiger partial charge on any atom is -0.497 e. The molecule has 3 nitrogen and oxygen atoms in total. The van der Waals surface area contributed by atoms with Crippen molar-refractivity contribution in [3.8, 4) is 11.5 Å². The fraction of sp³-hybridized carbons (Fsp3) is 0.294. The summed E-state index contributed by atoms with van der Waals surface area (Å²) in [6, 6.07) is 15.3. The maximum Gasteiger partial charge on any atom is 0.119 e. The molecule has 20 heavy (non-hydrogen) atoms. The highest BCUT2D eigenvalue weighted by Crippen LogP contribution is 2.28. The summed E-state index contributed by atoms with van der Waals surface area (Å²) in [6.45, 7) is 1.81. The standard InChI is InChI=1S/C17H20O3/c1-17(18,14-5-4-6-16(11-14)20-3)12-13-7-9-15(19-2)10-8-13/h4-11,18H,12H2,1-3H3. The molecule has 0 fully saturated rings. The summed E-state index contributed by atoms with van der Waals surface area (Å²) in [4.78, 5) is 0. The summed E-state index contributed by atoms with van der Waals surface area (Å²) in [5.41, 5.74) is 0.953. The number of hydrogen-bond acceptors (Lipinski definition) is 3. The zero-order valence-corrected chi connectivity index (χ0v) is 12.1. The van der Waals surface area contributed by atoms with Crippen LogP contribution in [0.2, 0.25) is 0 Å². The molecule has 106 valence electrons. The van der Waals surface area contributed by atoms with Crippen molar-refractivity contribution in [3.63, 3.8) is 0 Å². The molecule has 0 aliphatic rings. The van der Waals surface area contributed by atoms with Crippen molar-refractivity contribution in [1.29, 1.82) is 0 Å². The van der Waals surface area contributed by atoms with Crippen LogP contribution in [0.4, 0.5) is 0 Å². The molecule has 0 amide bonds. The Morgan fingerprint density at radius 3 is 2.20 bits per heavy atom. The molecule has 0 aliphatic carbocycles. The van der Waals surface area contributed by atoms with Gasteiger partial charge >= 0.3 is 0 Å². The molecule has 1 atom stereocenters. The smallest absolute Gasteiger partial charge is 0.119 e. The first-order valence-corrected chi connectivity index (χ1v) is 6.55. The quantitative estimate of drug-likeness (QED) is 0.908. The zero-order chi connectivity index (χ0) is 14.6. The molecule has 3 heteroatoms. The van der Waals surface area contributed by atoms with E-state index in [1.54, 1.807) is 14.2 Å². The average Bonchev–Trinajstić information content (AvgIpc) is 2.48. The van der Waals surface area contributed by atoms with E-state index in [1.165, 1.54) is 0 Å². The Labute approximate surface area is 119 Å². The predicted molar refractivity (Wildman–Crippen MR) is 79.3 cm³/mol. The van der Waals surface area contributed by atoms with Gasteiger partial charge in [-0.1, -0.05) is 24.3 Å². The van der Waals surface area contributed by atoms with Crippen LogP contribution in [0.1, 0.15) is 18.1 Å². The molecule has 0 saturated heterocycles. The van der Waals surface area contributed by atoms with Crippen molar-refractivity contribution < 1.29 is 14.6 Å². The molecular weight excluding hydrogens is 252 g/mol. The molecule has 0 radical (unpaired) electrons. The Hall–Kier alpha value is -2.00. The zero-order valence-electron chi connectivity index (χ0n) is 12.1. The lowest BCUT2D eigenvalue weighted by atomic mass is 9.89. The van der Waals surface area contributed by atoms with E-state index in [1.807, 2.05) is 55.5 Å². The second-order valence-electron chi connectivity index (χ2n) is 5.03. The second-order valence-corrected chi connectivity index (χ2v) is 5.03. The van der Waals surface area contributed by atoms with Gasteiger partial charge in [0.1, 0.15) is 11.5 Å². The number of methoxy groups -OCH3 is 2. The molecule has 2 aromatic carbocycles. The van der Waals surface area contributed by atoms with Crippen molar-refractivity contribution in [2.45, 2.75) is 18.9 Å². The second kappa shape index (κ2) is 5.97. The highest BCUT2D eigenvalue weighted by atomic mass is 16.5. The number of benzene rings is 2. The molecule has 0 bridgehead atoms. The van der Waals surface area contributed by atoms with Gasteiger partial charge < -0.3 is 14.6 Å². The molecule has 0 aliphatic heterocycles. The van der Waals surface area contributed by atoms with E-state index in [0.717, 1.165) is 22.6 Å². The Bertz CT molecular complexity index is 559. The molecular formula is C17H20O3. The summed E-state index contributed by atoms with van der Waals surface area (Å²) in [5.74, 6) is 1.56. The van der Waals surface area contributed by atoms with E-state index in [4.69, 9.17) is 9.47 Å². The first-order chi connectivity index (χ1) is 9.55. The third-order valence-electron chi connectivity index (χ3n) is 3.40. The van der Waals surface area contributed by atoms with Gasteiger partial charge in [-0.05, 0) is 42.3 Å². The molecule has 2 aromatic rings. The highest BCUT2D eigenvalue weighted by molar-refractivity contribution is 5.34. The van der Waals surface area contributed by atoms with Crippen molar-refractivity contribution in [3.05, 3.63) is 59.7 Å². The SMILES string of the molecule is COc1ccc(CC(C)(O)c2cccc(OC)c2)cc1. The predicted octanol–water partition coefficient (Wildman–Crippen LogP) is 3.15. The van der Waals surface area contributed by atoms with Gasteiger partial charge in [0.25, 0.3) is 0 Å².